The van der Waals surface area contributed by atoms with Crippen molar-refractivity contribution in [1.29, 1.82) is 0 Å². The van der Waals surface area contributed by atoms with Gasteiger partial charge in [-0.3, -0.25) is 4.79 Å². The van der Waals surface area contributed by atoms with Crippen LogP contribution in [-0.4, -0.2) is 11.1 Å². The Balaban J connectivity index is 3.09. The van der Waals surface area contributed by atoms with Gasteiger partial charge in [0, 0.05) is 6.42 Å². The van der Waals surface area contributed by atoms with Gasteiger partial charge in [0.1, 0.15) is 5.82 Å². The van der Waals surface area contributed by atoms with Gasteiger partial charge >= 0.3 is 5.97 Å². The van der Waals surface area contributed by atoms with E-state index >= 15 is 0 Å². The van der Waals surface area contributed by atoms with Crippen molar-refractivity contribution in [3.8, 4) is 0 Å². The van der Waals surface area contributed by atoms with Crippen LogP contribution < -0.4 is 0 Å². The summed E-state index contributed by atoms with van der Waals surface area (Å²) in [5, 5.41) is 8.59. The van der Waals surface area contributed by atoms with E-state index in [-0.39, 0.29) is 12.2 Å². The number of benzene rings is 1. The summed E-state index contributed by atoms with van der Waals surface area (Å²) in [6.07, 6.45) is 0.364. The number of hydrogen-bond acceptors (Lipinski definition) is 1. The smallest absolute Gasteiger partial charge is 0.303 e. The molecule has 0 atom stereocenters. The van der Waals surface area contributed by atoms with Gasteiger partial charge in [-0.15, -0.1) is 0 Å². The van der Waals surface area contributed by atoms with Crippen molar-refractivity contribution in [2.24, 2.45) is 0 Å². The first-order valence-electron chi connectivity index (χ1n) is 4.59. The molecule has 1 aromatic rings. The highest BCUT2D eigenvalue weighted by Gasteiger charge is 2.12. The van der Waals surface area contributed by atoms with E-state index in [1.54, 1.807) is 0 Å². The predicted molar refractivity (Wildman–Crippen MR) is 59.5 cm³/mol. The van der Waals surface area contributed by atoms with Gasteiger partial charge < -0.3 is 5.11 Å². The topological polar surface area (TPSA) is 37.3 Å². The summed E-state index contributed by atoms with van der Waals surface area (Å²) in [5.74, 6) is -1.21. The summed E-state index contributed by atoms with van der Waals surface area (Å²) >= 11 is 3.15. The molecule has 0 aliphatic heterocycles. The molecule has 1 rings (SSSR count). The van der Waals surface area contributed by atoms with E-state index in [2.05, 4.69) is 15.9 Å². The lowest BCUT2D eigenvalue weighted by molar-refractivity contribution is -0.136. The number of carboxylic acid groups (broad SMARTS) is 1. The number of carbonyl (C=O) groups is 1. The minimum Gasteiger partial charge on any atom is -0.481 e. The molecule has 0 aliphatic carbocycles. The van der Waals surface area contributed by atoms with Crippen LogP contribution in [0.25, 0.3) is 0 Å². The van der Waals surface area contributed by atoms with Gasteiger partial charge in [-0.25, -0.2) is 4.39 Å². The number of aryl methyl sites for hydroxylation is 1. The van der Waals surface area contributed by atoms with Crippen molar-refractivity contribution in [2.75, 3.05) is 0 Å². The van der Waals surface area contributed by atoms with Crippen LogP contribution in [0.1, 0.15) is 23.1 Å². The van der Waals surface area contributed by atoms with Gasteiger partial charge in [0.2, 0.25) is 0 Å². The first-order chi connectivity index (χ1) is 6.93. The molecule has 0 radical (unpaired) electrons. The molecule has 0 saturated carbocycles. The summed E-state index contributed by atoms with van der Waals surface area (Å²) in [4.78, 5) is 10.5. The molecule has 1 N–H and O–H groups in total. The SMILES string of the molecule is Cc1cc(F)c(Br)c(CCC(=O)O)c1C. The molecule has 0 spiro atoms. The molecule has 0 unspecified atom stereocenters. The van der Waals surface area contributed by atoms with Gasteiger partial charge in [0.25, 0.3) is 0 Å². The maximum Gasteiger partial charge on any atom is 0.303 e. The largest absolute Gasteiger partial charge is 0.481 e. The molecule has 4 heteroatoms. The number of aliphatic carboxylic acids is 1. The molecule has 0 bridgehead atoms. The number of hydrogen-bond donors (Lipinski definition) is 1. The Labute approximate surface area is 96.2 Å². The van der Waals surface area contributed by atoms with Crippen LogP contribution in [0.5, 0.6) is 0 Å². The minimum absolute atomic E-state index is 0.0162. The molecule has 0 aromatic heterocycles. The van der Waals surface area contributed by atoms with Crippen molar-refractivity contribution in [2.45, 2.75) is 26.7 Å². The predicted octanol–water partition coefficient (Wildman–Crippen LogP) is 3.22. The highest BCUT2D eigenvalue weighted by molar-refractivity contribution is 9.10. The molecule has 0 heterocycles. The first kappa shape index (κ1) is 12.2. The van der Waals surface area contributed by atoms with Crippen LogP contribution in [-0.2, 0) is 11.2 Å². The Hall–Kier alpha value is -0.900. The highest BCUT2D eigenvalue weighted by Crippen LogP contribution is 2.27. The summed E-state index contributed by atoms with van der Waals surface area (Å²) in [6.45, 7) is 3.69. The summed E-state index contributed by atoms with van der Waals surface area (Å²) < 4.78 is 13.7. The molecule has 0 saturated heterocycles. The summed E-state index contributed by atoms with van der Waals surface area (Å²) in [7, 11) is 0. The lowest BCUT2D eigenvalue weighted by Gasteiger charge is -2.11. The van der Waals surface area contributed by atoms with Crippen LogP contribution in [0.4, 0.5) is 4.39 Å². The van der Waals surface area contributed by atoms with Crippen molar-refractivity contribution in [1.82, 2.24) is 0 Å². The second-order valence-corrected chi connectivity index (χ2v) is 4.28. The third-order valence-electron chi connectivity index (χ3n) is 2.45. The second kappa shape index (κ2) is 4.75. The zero-order valence-corrected chi connectivity index (χ0v) is 10.2. The van der Waals surface area contributed by atoms with E-state index in [9.17, 15) is 9.18 Å². The molecule has 0 fully saturated rings. The third kappa shape index (κ3) is 2.78. The Morgan fingerprint density at radius 3 is 2.67 bits per heavy atom. The van der Waals surface area contributed by atoms with Gasteiger partial charge in [-0.2, -0.15) is 0 Å². The summed E-state index contributed by atoms with van der Waals surface area (Å²) in [5.41, 5.74) is 2.54. The molecule has 1 aromatic carbocycles. The highest BCUT2D eigenvalue weighted by atomic mass is 79.9. The minimum atomic E-state index is -0.872. The Bertz CT molecular complexity index is 376. The van der Waals surface area contributed by atoms with Crippen LogP contribution >= 0.6 is 15.9 Å². The van der Waals surface area contributed by atoms with E-state index in [1.165, 1.54) is 6.07 Å². The van der Waals surface area contributed by atoms with Crippen LogP contribution in [0.2, 0.25) is 0 Å². The molecule has 82 valence electrons. The average Bonchev–Trinajstić information content (AvgIpc) is 2.14. The maximum absolute atomic E-state index is 13.4. The van der Waals surface area contributed by atoms with Gasteiger partial charge in [0.15, 0.2) is 0 Å². The molecule has 0 amide bonds. The van der Waals surface area contributed by atoms with E-state index in [1.807, 2.05) is 13.8 Å². The standard InChI is InChI=1S/C11H12BrFO2/c1-6-5-9(13)11(12)8(7(6)2)3-4-10(14)15/h5H,3-4H2,1-2H3,(H,14,15). The lowest BCUT2D eigenvalue weighted by atomic mass is 9.99. The lowest BCUT2D eigenvalue weighted by Crippen LogP contribution is -2.02. The molecule has 15 heavy (non-hydrogen) atoms. The van der Waals surface area contributed by atoms with Gasteiger partial charge in [0.05, 0.1) is 4.47 Å². The Morgan fingerprint density at radius 2 is 2.13 bits per heavy atom. The molecule has 2 nitrogen and oxygen atoms in total. The monoisotopic (exact) mass is 274 g/mol. The summed E-state index contributed by atoms with van der Waals surface area (Å²) in [6, 6.07) is 1.45. The van der Waals surface area contributed by atoms with E-state index in [0.29, 0.717) is 10.9 Å². The van der Waals surface area contributed by atoms with Crippen LogP contribution in [0.3, 0.4) is 0 Å². The second-order valence-electron chi connectivity index (χ2n) is 3.49. The normalized spacial score (nSPS) is 10.4. The first-order valence-corrected chi connectivity index (χ1v) is 5.38. The fourth-order valence-electron chi connectivity index (χ4n) is 1.44. The molecular formula is C11H12BrFO2. The fraction of sp³-hybridized carbons (Fsp3) is 0.364. The Morgan fingerprint density at radius 1 is 1.53 bits per heavy atom. The quantitative estimate of drug-likeness (QED) is 0.919. The van der Waals surface area contributed by atoms with E-state index < -0.39 is 5.97 Å². The number of rotatable bonds is 3. The zero-order chi connectivity index (χ0) is 11.6. The van der Waals surface area contributed by atoms with E-state index in [4.69, 9.17) is 5.11 Å². The number of carboxylic acids is 1. The third-order valence-corrected chi connectivity index (χ3v) is 3.31. The number of halogens is 2. The Kier molecular flexibility index (Phi) is 3.85. The van der Waals surface area contributed by atoms with Crippen molar-refractivity contribution >= 4 is 21.9 Å². The fourth-order valence-corrected chi connectivity index (χ4v) is 2.05. The van der Waals surface area contributed by atoms with E-state index in [0.717, 1.165) is 16.7 Å². The van der Waals surface area contributed by atoms with Crippen molar-refractivity contribution in [3.05, 3.63) is 33.0 Å². The van der Waals surface area contributed by atoms with Crippen LogP contribution in [0.15, 0.2) is 10.5 Å². The average molecular weight is 275 g/mol. The zero-order valence-electron chi connectivity index (χ0n) is 8.60. The van der Waals surface area contributed by atoms with Crippen LogP contribution in [0, 0.1) is 19.7 Å². The van der Waals surface area contributed by atoms with Crippen molar-refractivity contribution < 1.29 is 14.3 Å². The maximum atomic E-state index is 13.4. The van der Waals surface area contributed by atoms with Gasteiger partial charge in [-0.1, -0.05) is 0 Å². The molecule has 0 aliphatic rings. The van der Waals surface area contributed by atoms with Crippen molar-refractivity contribution in [3.63, 3.8) is 0 Å². The molecular weight excluding hydrogens is 263 g/mol. The van der Waals surface area contributed by atoms with Gasteiger partial charge in [-0.05, 0) is 59.0 Å².